The quantitative estimate of drug-likeness (QED) is 0.488. The van der Waals surface area contributed by atoms with E-state index < -0.39 is 33.1 Å². The normalized spacial score (nSPS) is 12.3. The molecule has 0 N–H and O–H groups in total. The monoisotopic (exact) mass is 398 g/mol. The summed E-state index contributed by atoms with van der Waals surface area (Å²) in [7, 11) is -4.21. The lowest BCUT2D eigenvalue weighted by atomic mass is 10.1. The van der Waals surface area contributed by atoms with Crippen molar-refractivity contribution in [3.05, 3.63) is 69.6 Å². The van der Waals surface area contributed by atoms with E-state index in [9.17, 15) is 26.4 Å². The van der Waals surface area contributed by atoms with Gasteiger partial charge in [0.2, 0.25) is 0 Å². The molecule has 0 aliphatic rings. The maximum absolute atomic E-state index is 13.1. The fourth-order valence-electron chi connectivity index (χ4n) is 2.47. The molecule has 142 valence electrons. The average Bonchev–Trinajstić information content (AvgIpc) is 2.55. The summed E-state index contributed by atoms with van der Waals surface area (Å²) in [4.78, 5) is 11.3. The summed E-state index contributed by atoms with van der Waals surface area (Å²) in [6, 6.07) is 7.73. The molecule has 9 heteroatoms. The molecule has 1 heterocycles. The summed E-state index contributed by atoms with van der Waals surface area (Å²) < 4.78 is 73.7. The molecule has 0 spiro atoms. The molecule has 3 aromatic rings. The van der Waals surface area contributed by atoms with E-state index in [4.69, 9.17) is 8.60 Å². The summed E-state index contributed by atoms with van der Waals surface area (Å²) in [5.74, 6) is -0.275. The van der Waals surface area contributed by atoms with Crippen LogP contribution in [0.1, 0.15) is 16.7 Å². The molecule has 0 saturated carbocycles. The number of hydrogen-bond donors (Lipinski definition) is 0. The van der Waals surface area contributed by atoms with Crippen LogP contribution in [0, 0.1) is 13.8 Å². The lowest BCUT2D eigenvalue weighted by Gasteiger charge is -2.11. The van der Waals surface area contributed by atoms with E-state index in [1.54, 1.807) is 13.0 Å². The molecule has 27 heavy (non-hydrogen) atoms. The number of fused-ring (bicyclic) bond motifs is 1. The Morgan fingerprint density at radius 2 is 1.67 bits per heavy atom. The van der Waals surface area contributed by atoms with Gasteiger partial charge in [-0.1, -0.05) is 6.07 Å². The first-order valence-corrected chi connectivity index (χ1v) is 9.05. The maximum Gasteiger partial charge on any atom is 0.417 e. The molecule has 0 fully saturated rings. The Kier molecular flexibility index (Phi) is 4.51. The molecule has 0 unspecified atom stereocenters. The fraction of sp³-hybridized carbons (Fsp3) is 0.167. The first-order chi connectivity index (χ1) is 12.5. The lowest BCUT2D eigenvalue weighted by Crippen LogP contribution is -2.12. The highest BCUT2D eigenvalue weighted by Gasteiger charge is 2.34. The van der Waals surface area contributed by atoms with Gasteiger partial charge in [-0.2, -0.15) is 21.6 Å². The van der Waals surface area contributed by atoms with Crippen molar-refractivity contribution in [3.8, 4) is 5.75 Å². The van der Waals surface area contributed by atoms with Crippen molar-refractivity contribution >= 4 is 21.1 Å². The summed E-state index contributed by atoms with van der Waals surface area (Å²) >= 11 is 0. The Labute approximate surface area is 152 Å². The van der Waals surface area contributed by atoms with E-state index in [-0.39, 0.29) is 16.0 Å². The van der Waals surface area contributed by atoms with Crippen molar-refractivity contribution in [3.63, 3.8) is 0 Å². The van der Waals surface area contributed by atoms with Crippen LogP contribution in [0.4, 0.5) is 13.2 Å². The van der Waals surface area contributed by atoms with E-state index in [2.05, 4.69) is 0 Å². The zero-order valence-corrected chi connectivity index (χ0v) is 14.9. The summed E-state index contributed by atoms with van der Waals surface area (Å²) in [6.07, 6.45) is -4.76. The third-order valence-electron chi connectivity index (χ3n) is 3.99. The second-order valence-electron chi connectivity index (χ2n) is 5.92. The van der Waals surface area contributed by atoms with Crippen LogP contribution in [0.5, 0.6) is 5.75 Å². The van der Waals surface area contributed by atoms with Crippen LogP contribution in [0.25, 0.3) is 11.0 Å². The van der Waals surface area contributed by atoms with Crippen LogP contribution >= 0.6 is 0 Å². The van der Waals surface area contributed by atoms with Crippen LogP contribution in [0.3, 0.4) is 0 Å². The van der Waals surface area contributed by atoms with Crippen LogP contribution in [-0.4, -0.2) is 8.42 Å². The van der Waals surface area contributed by atoms with Gasteiger partial charge in [0.05, 0.1) is 5.56 Å². The Bertz CT molecular complexity index is 1190. The molecule has 0 atom stereocenters. The van der Waals surface area contributed by atoms with E-state index in [1.807, 2.05) is 6.92 Å². The zero-order chi connectivity index (χ0) is 20.0. The van der Waals surface area contributed by atoms with Gasteiger partial charge in [-0.05, 0) is 49.2 Å². The van der Waals surface area contributed by atoms with Crippen molar-refractivity contribution in [2.24, 2.45) is 0 Å². The Morgan fingerprint density at radius 1 is 0.963 bits per heavy atom. The van der Waals surface area contributed by atoms with E-state index in [0.29, 0.717) is 6.07 Å². The fourth-order valence-corrected chi connectivity index (χ4v) is 3.48. The van der Waals surface area contributed by atoms with Gasteiger partial charge in [0.15, 0.2) is 0 Å². The van der Waals surface area contributed by atoms with Crippen LogP contribution in [0.2, 0.25) is 0 Å². The number of rotatable bonds is 3. The van der Waals surface area contributed by atoms with Gasteiger partial charge in [0.25, 0.3) is 0 Å². The van der Waals surface area contributed by atoms with Gasteiger partial charge in [0, 0.05) is 17.5 Å². The summed E-state index contributed by atoms with van der Waals surface area (Å²) in [5, 5.41) is -0.377. The number of halogens is 3. The number of alkyl halides is 3. The first-order valence-electron chi connectivity index (χ1n) is 7.64. The first kappa shape index (κ1) is 19.0. The molecule has 0 bridgehead atoms. The number of hydrogen-bond acceptors (Lipinski definition) is 5. The van der Waals surface area contributed by atoms with Gasteiger partial charge in [-0.15, -0.1) is 0 Å². The van der Waals surface area contributed by atoms with Crippen LogP contribution < -0.4 is 9.81 Å². The topological polar surface area (TPSA) is 73.6 Å². The Morgan fingerprint density at radius 3 is 2.30 bits per heavy atom. The minimum Gasteiger partial charge on any atom is -0.423 e. The minimum atomic E-state index is -4.76. The van der Waals surface area contributed by atoms with Crippen molar-refractivity contribution < 1.29 is 30.2 Å². The highest BCUT2D eigenvalue weighted by Crippen LogP contribution is 2.35. The second-order valence-corrected chi connectivity index (χ2v) is 7.46. The highest BCUT2D eigenvalue weighted by molar-refractivity contribution is 7.87. The van der Waals surface area contributed by atoms with Crippen LogP contribution in [0.15, 0.2) is 56.6 Å². The predicted octanol–water partition coefficient (Wildman–Crippen LogP) is 4.20. The molecule has 1 aromatic heterocycles. The van der Waals surface area contributed by atoms with Crippen molar-refractivity contribution in [2.75, 3.05) is 0 Å². The predicted molar refractivity (Wildman–Crippen MR) is 91.2 cm³/mol. The smallest absolute Gasteiger partial charge is 0.417 e. The van der Waals surface area contributed by atoms with Crippen molar-refractivity contribution in [1.82, 2.24) is 0 Å². The van der Waals surface area contributed by atoms with E-state index in [1.165, 1.54) is 12.1 Å². The molecule has 3 rings (SSSR count). The third-order valence-corrected chi connectivity index (χ3v) is 5.24. The summed E-state index contributed by atoms with van der Waals surface area (Å²) in [5.41, 5.74) is -1.18. The van der Waals surface area contributed by atoms with Crippen LogP contribution in [-0.2, 0) is 16.3 Å². The van der Waals surface area contributed by atoms with Gasteiger partial charge >= 0.3 is 21.9 Å². The number of aryl methyl sites for hydroxylation is 2. The molecule has 5 nitrogen and oxygen atoms in total. The average molecular weight is 398 g/mol. The van der Waals surface area contributed by atoms with Gasteiger partial charge in [0.1, 0.15) is 16.2 Å². The molecule has 0 aliphatic carbocycles. The SMILES string of the molecule is Cc1ccc(S(=O)(=O)Oc2ccc3c(C(F)(F)F)cc(=O)oc3c2)cc1C. The standard InChI is InChI=1S/C18H13F3O5S/c1-10-3-5-13(7-11(10)2)27(23,24)26-12-4-6-14-15(18(19,20)21)9-17(22)25-16(14)8-12/h3-9H,1-2H3. The van der Waals surface area contributed by atoms with Crippen molar-refractivity contribution in [1.29, 1.82) is 0 Å². The van der Waals surface area contributed by atoms with E-state index >= 15 is 0 Å². The lowest BCUT2D eigenvalue weighted by molar-refractivity contribution is -0.136. The zero-order valence-electron chi connectivity index (χ0n) is 14.1. The summed E-state index contributed by atoms with van der Waals surface area (Å²) in [6.45, 7) is 3.55. The van der Waals surface area contributed by atoms with Gasteiger partial charge < -0.3 is 8.60 Å². The molecule has 0 radical (unpaired) electrons. The van der Waals surface area contributed by atoms with Crippen molar-refractivity contribution in [2.45, 2.75) is 24.9 Å². The minimum absolute atomic E-state index is 0.101. The molecule has 0 aliphatic heterocycles. The Balaban J connectivity index is 2.05. The molecule has 2 aromatic carbocycles. The molecular formula is C18H13F3O5S. The van der Waals surface area contributed by atoms with E-state index in [0.717, 1.165) is 29.3 Å². The molecule has 0 amide bonds. The molecular weight excluding hydrogens is 385 g/mol. The second kappa shape index (κ2) is 6.41. The third kappa shape index (κ3) is 3.82. The maximum atomic E-state index is 13.1. The Hall–Kier alpha value is -2.81. The molecule has 0 saturated heterocycles. The number of benzene rings is 2. The van der Waals surface area contributed by atoms with Gasteiger partial charge in [-0.25, -0.2) is 4.79 Å². The largest absolute Gasteiger partial charge is 0.423 e. The van der Waals surface area contributed by atoms with Gasteiger partial charge in [-0.3, -0.25) is 0 Å². The highest BCUT2D eigenvalue weighted by atomic mass is 32.2.